The van der Waals surface area contributed by atoms with Crippen molar-refractivity contribution in [2.45, 2.75) is 6.42 Å². The van der Waals surface area contributed by atoms with Crippen LogP contribution in [0, 0.1) is 5.82 Å². The molecule has 0 spiro atoms. The molecular weight excluding hydrogens is 251 g/mol. The van der Waals surface area contributed by atoms with Crippen LogP contribution >= 0.6 is 11.3 Å². The summed E-state index contributed by atoms with van der Waals surface area (Å²) in [6.45, 7) is 0. The van der Waals surface area contributed by atoms with Crippen LogP contribution in [0.5, 0.6) is 0 Å². The van der Waals surface area contributed by atoms with E-state index >= 15 is 0 Å². The van der Waals surface area contributed by atoms with Crippen molar-refractivity contribution in [1.82, 2.24) is 0 Å². The van der Waals surface area contributed by atoms with E-state index in [1.54, 1.807) is 23.5 Å². The molecule has 0 atom stereocenters. The second kappa shape index (κ2) is 4.07. The van der Waals surface area contributed by atoms with Gasteiger partial charge in [-0.25, -0.2) is 4.39 Å². The van der Waals surface area contributed by atoms with E-state index in [-0.39, 0.29) is 12.2 Å². The molecular formula is C14H9FO2S. The minimum Gasteiger partial charge on any atom is -0.481 e. The number of rotatable bonds is 2. The maximum absolute atomic E-state index is 13.2. The fourth-order valence-electron chi connectivity index (χ4n) is 2.08. The van der Waals surface area contributed by atoms with Crippen molar-refractivity contribution in [3.63, 3.8) is 0 Å². The van der Waals surface area contributed by atoms with Crippen LogP contribution in [0.2, 0.25) is 0 Å². The molecule has 0 unspecified atom stereocenters. The van der Waals surface area contributed by atoms with E-state index in [4.69, 9.17) is 5.11 Å². The average Bonchev–Trinajstić information content (AvgIpc) is 2.65. The fourth-order valence-corrected chi connectivity index (χ4v) is 3.23. The van der Waals surface area contributed by atoms with Crippen LogP contribution < -0.4 is 0 Å². The monoisotopic (exact) mass is 260 g/mol. The van der Waals surface area contributed by atoms with E-state index in [0.29, 0.717) is 0 Å². The van der Waals surface area contributed by atoms with Gasteiger partial charge in [-0.3, -0.25) is 4.79 Å². The van der Waals surface area contributed by atoms with Crippen molar-refractivity contribution < 1.29 is 14.3 Å². The number of carboxylic acids is 1. The summed E-state index contributed by atoms with van der Waals surface area (Å²) in [5.41, 5.74) is 0.766. The van der Waals surface area contributed by atoms with Crippen LogP contribution in [-0.4, -0.2) is 11.1 Å². The lowest BCUT2D eigenvalue weighted by Crippen LogP contribution is -1.99. The lowest BCUT2D eigenvalue weighted by atomic mass is 10.1. The van der Waals surface area contributed by atoms with Crippen LogP contribution in [0.25, 0.3) is 20.2 Å². The molecule has 90 valence electrons. The first-order chi connectivity index (χ1) is 8.63. The second-order valence-corrected chi connectivity index (χ2v) is 5.23. The molecule has 0 bridgehead atoms. The molecule has 1 N–H and O–H groups in total. The third kappa shape index (κ3) is 1.84. The number of thiophene rings is 1. The molecule has 0 aliphatic rings. The predicted octanol–water partition coefficient (Wildman–Crippen LogP) is 3.82. The van der Waals surface area contributed by atoms with Crippen LogP contribution in [0.15, 0.2) is 36.4 Å². The minimum absolute atomic E-state index is 0.0124. The highest BCUT2D eigenvalue weighted by Gasteiger charge is 2.08. The molecule has 2 aromatic carbocycles. The summed E-state index contributed by atoms with van der Waals surface area (Å²) >= 11 is 1.55. The highest BCUT2D eigenvalue weighted by molar-refractivity contribution is 7.25. The first kappa shape index (κ1) is 11.2. The van der Waals surface area contributed by atoms with Crippen molar-refractivity contribution in [2.24, 2.45) is 0 Å². The number of hydrogen-bond acceptors (Lipinski definition) is 2. The summed E-state index contributed by atoms with van der Waals surface area (Å²) in [5.74, 6) is -1.10. The van der Waals surface area contributed by atoms with Crippen LogP contribution in [0.4, 0.5) is 4.39 Å². The average molecular weight is 260 g/mol. The molecule has 1 heterocycles. The van der Waals surface area contributed by atoms with Gasteiger partial charge in [0.05, 0.1) is 6.42 Å². The summed E-state index contributed by atoms with van der Waals surface area (Å²) in [4.78, 5) is 10.7. The lowest BCUT2D eigenvalue weighted by molar-refractivity contribution is -0.136. The number of hydrogen-bond donors (Lipinski definition) is 1. The molecule has 3 aromatic rings. The van der Waals surface area contributed by atoms with E-state index in [9.17, 15) is 9.18 Å². The van der Waals surface area contributed by atoms with Gasteiger partial charge < -0.3 is 5.11 Å². The first-order valence-corrected chi connectivity index (χ1v) is 6.27. The Bertz CT molecular complexity index is 761. The van der Waals surface area contributed by atoms with Gasteiger partial charge in [-0.2, -0.15) is 0 Å². The number of carboxylic acid groups (broad SMARTS) is 1. The molecule has 18 heavy (non-hydrogen) atoms. The second-order valence-electron chi connectivity index (χ2n) is 4.14. The number of benzene rings is 2. The number of carbonyl (C=O) groups is 1. The quantitative estimate of drug-likeness (QED) is 0.760. The molecule has 0 saturated carbocycles. The summed E-state index contributed by atoms with van der Waals surface area (Å²) in [6, 6.07) is 10.2. The Balaban J connectivity index is 2.23. The van der Waals surface area contributed by atoms with E-state index in [2.05, 4.69) is 0 Å². The van der Waals surface area contributed by atoms with Gasteiger partial charge in [0, 0.05) is 20.2 Å². The molecule has 1 aromatic heterocycles. The zero-order chi connectivity index (χ0) is 12.7. The van der Waals surface area contributed by atoms with Crippen LogP contribution in [0.1, 0.15) is 5.56 Å². The predicted molar refractivity (Wildman–Crippen MR) is 70.6 cm³/mol. The highest BCUT2D eigenvalue weighted by Crippen LogP contribution is 2.34. The fraction of sp³-hybridized carbons (Fsp3) is 0.0714. The Labute approximate surface area is 106 Å². The normalized spacial score (nSPS) is 11.2. The molecule has 0 aliphatic heterocycles. The van der Waals surface area contributed by atoms with Gasteiger partial charge in [-0.05, 0) is 29.8 Å². The zero-order valence-electron chi connectivity index (χ0n) is 9.31. The standard InChI is InChI=1S/C14H9FO2S/c15-9-2-4-12-11(7-9)10-3-1-8(6-14(16)17)5-13(10)18-12/h1-5,7H,6H2,(H,16,17). The molecule has 4 heteroatoms. The maximum Gasteiger partial charge on any atom is 0.307 e. The Morgan fingerprint density at radius 3 is 2.72 bits per heavy atom. The number of fused-ring (bicyclic) bond motifs is 3. The zero-order valence-corrected chi connectivity index (χ0v) is 10.1. The lowest BCUT2D eigenvalue weighted by Gasteiger charge is -1.97. The Morgan fingerprint density at radius 2 is 1.94 bits per heavy atom. The van der Waals surface area contributed by atoms with Gasteiger partial charge in [0.25, 0.3) is 0 Å². The largest absolute Gasteiger partial charge is 0.481 e. The van der Waals surface area contributed by atoms with Crippen LogP contribution in [-0.2, 0) is 11.2 Å². The Hall–Kier alpha value is -1.94. The summed E-state index contributed by atoms with van der Waals surface area (Å²) in [7, 11) is 0. The molecule has 0 aliphatic carbocycles. The van der Waals surface area contributed by atoms with Crippen molar-refractivity contribution in [3.8, 4) is 0 Å². The molecule has 0 radical (unpaired) electrons. The third-order valence-corrected chi connectivity index (χ3v) is 3.99. The molecule has 3 rings (SSSR count). The van der Waals surface area contributed by atoms with Crippen molar-refractivity contribution in [1.29, 1.82) is 0 Å². The van der Waals surface area contributed by atoms with Crippen LogP contribution in [0.3, 0.4) is 0 Å². The van der Waals surface area contributed by atoms with Gasteiger partial charge in [0.15, 0.2) is 0 Å². The van der Waals surface area contributed by atoms with Gasteiger partial charge >= 0.3 is 5.97 Å². The molecule has 0 fully saturated rings. The summed E-state index contributed by atoms with van der Waals surface area (Å²) < 4.78 is 15.2. The SMILES string of the molecule is O=C(O)Cc1ccc2c(c1)sc1ccc(F)cc12. The maximum atomic E-state index is 13.2. The first-order valence-electron chi connectivity index (χ1n) is 5.46. The van der Waals surface area contributed by atoms with E-state index in [0.717, 1.165) is 25.7 Å². The molecule has 2 nitrogen and oxygen atoms in total. The number of halogens is 1. The smallest absolute Gasteiger partial charge is 0.307 e. The minimum atomic E-state index is -0.846. The van der Waals surface area contributed by atoms with Crippen molar-refractivity contribution in [2.75, 3.05) is 0 Å². The van der Waals surface area contributed by atoms with Gasteiger partial charge in [0.1, 0.15) is 5.82 Å². The summed E-state index contributed by atoms with van der Waals surface area (Å²) in [5, 5.41) is 10.6. The highest BCUT2D eigenvalue weighted by atomic mass is 32.1. The van der Waals surface area contributed by atoms with E-state index < -0.39 is 5.97 Å². The molecule has 0 amide bonds. The van der Waals surface area contributed by atoms with Crippen molar-refractivity contribution >= 4 is 37.5 Å². The Kier molecular flexibility index (Phi) is 2.52. The third-order valence-electron chi connectivity index (χ3n) is 2.85. The Morgan fingerprint density at radius 1 is 1.11 bits per heavy atom. The van der Waals surface area contributed by atoms with Crippen molar-refractivity contribution in [3.05, 3.63) is 47.8 Å². The number of aliphatic carboxylic acids is 1. The van der Waals surface area contributed by atoms with Gasteiger partial charge in [-0.1, -0.05) is 12.1 Å². The summed E-state index contributed by atoms with van der Waals surface area (Å²) in [6.07, 6.45) is 0.0124. The van der Waals surface area contributed by atoms with Gasteiger partial charge in [-0.15, -0.1) is 11.3 Å². The van der Waals surface area contributed by atoms with E-state index in [1.807, 2.05) is 12.1 Å². The topological polar surface area (TPSA) is 37.3 Å². The molecule has 0 saturated heterocycles. The van der Waals surface area contributed by atoms with Gasteiger partial charge in [0.2, 0.25) is 0 Å². The van der Waals surface area contributed by atoms with E-state index in [1.165, 1.54) is 12.1 Å².